The Morgan fingerprint density at radius 2 is 2.11 bits per heavy atom. The molecule has 19 heavy (non-hydrogen) atoms. The minimum Gasteiger partial charge on any atom is -0.368 e. The van der Waals surface area contributed by atoms with Crippen LogP contribution in [0.25, 0.3) is 0 Å². The summed E-state index contributed by atoms with van der Waals surface area (Å²) in [6.45, 7) is 4.83. The second-order valence-corrected chi connectivity index (χ2v) is 5.92. The normalized spacial score (nSPS) is 28.9. The lowest BCUT2D eigenvalue weighted by Crippen LogP contribution is -2.32. The van der Waals surface area contributed by atoms with Crippen molar-refractivity contribution in [2.24, 2.45) is 5.92 Å². The molecule has 106 valence electrons. The maximum Gasteiger partial charge on any atom is 0.252 e. The summed E-state index contributed by atoms with van der Waals surface area (Å²) in [5.41, 5.74) is 0. The summed E-state index contributed by atoms with van der Waals surface area (Å²) in [5.74, 6) is 2.80. The van der Waals surface area contributed by atoms with Gasteiger partial charge in [0.25, 0.3) is 5.89 Å². The number of ether oxygens (including phenoxy) is 1. The molecule has 0 amide bonds. The molecule has 0 spiro atoms. The zero-order valence-corrected chi connectivity index (χ0v) is 11.6. The molecule has 2 heterocycles. The molecular formula is C14H23N3O2. The van der Waals surface area contributed by atoms with E-state index in [0.29, 0.717) is 24.5 Å². The molecule has 1 saturated carbocycles. The van der Waals surface area contributed by atoms with Crippen molar-refractivity contribution >= 4 is 0 Å². The van der Waals surface area contributed by atoms with Gasteiger partial charge in [-0.25, -0.2) is 0 Å². The second kappa shape index (κ2) is 6.01. The standard InChI is InChI=1S/C14H23N3O2/c1-10-2-3-11(8-10)14-16-13(19-17-14)9-18-12-4-6-15-7-5-12/h10-12,15H,2-9H2,1H3. The number of hydrogen-bond acceptors (Lipinski definition) is 5. The third-order valence-corrected chi connectivity index (χ3v) is 4.27. The Morgan fingerprint density at radius 1 is 1.26 bits per heavy atom. The Bertz CT molecular complexity index is 401. The van der Waals surface area contributed by atoms with E-state index in [9.17, 15) is 0 Å². The smallest absolute Gasteiger partial charge is 0.252 e. The van der Waals surface area contributed by atoms with E-state index in [-0.39, 0.29) is 0 Å². The van der Waals surface area contributed by atoms with Crippen molar-refractivity contribution in [2.75, 3.05) is 13.1 Å². The maximum atomic E-state index is 5.83. The Hall–Kier alpha value is -0.940. The van der Waals surface area contributed by atoms with Crippen molar-refractivity contribution in [1.29, 1.82) is 0 Å². The van der Waals surface area contributed by atoms with E-state index in [1.807, 2.05) is 0 Å². The van der Waals surface area contributed by atoms with Crippen LogP contribution in [0.15, 0.2) is 4.52 Å². The summed E-state index contributed by atoms with van der Waals surface area (Å²) in [7, 11) is 0. The van der Waals surface area contributed by atoms with Gasteiger partial charge < -0.3 is 14.6 Å². The highest BCUT2D eigenvalue weighted by Crippen LogP contribution is 2.36. The van der Waals surface area contributed by atoms with Gasteiger partial charge in [0.1, 0.15) is 6.61 Å². The molecule has 2 fully saturated rings. The molecular weight excluding hydrogens is 242 g/mol. The number of aromatic nitrogens is 2. The highest BCUT2D eigenvalue weighted by Gasteiger charge is 2.27. The van der Waals surface area contributed by atoms with Crippen molar-refractivity contribution in [3.05, 3.63) is 11.7 Å². The molecule has 5 heteroatoms. The van der Waals surface area contributed by atoms with Crippen LogP contribution in [0.5, 0.6) is 0 Å². The van der Waals surface area contributed by atoms with E-state index in [1.165, 1.54) is 19.3 Å². The van der Waals surface area contributed by atoms with E-state index in [0.717, 1.165) is 37.7 Å². The van der Waals surface area contributed by atoms with Gasteiger partial charge in [0.05, 0.1) is 6.10 Å². The van der Waals surface area contributed by atoms with E-state index in [4.69, 9.17) is 9.26 Å². The lowest BCUT2D eigenvalue weighted by atomic mass is 10.1. The van der Waals surface area contributed by atoms with Crippen LogP contribution in [0.2, 0.25) is 0 Å². The lowest BCUT2D eigenvalue weighted by Gasteiger charge is -2.21. The highest BCUT2D eigenvalue weighted by atomic mass is 16.5. The van der Waals surface area contributed by atoms with Crippen molar-refractivity contribution < 1.29 is 9.26 Å². The predicted molar refractivity (Wildman–Crippen MR) is 70.7 cm³/mol. The van der Waals surface area contributed by atoms with Crippen LogP contribution in [0.1, 0.15) is 56.7 Å². The van der Waals surface area contributed by atoms with E-state index < -0.39 is 0 Å². The Balaban J connectivity index is 1.50. The topological polar surface area (TPSA) is 60.2 Å². The monoisotopic (exact) mass is 265 g/mol. The molecule has 2 atom stereocenters. The minimum atomic E-state index is 0.336. The SMILES string of the molecule is CC1CCC(c2noc(COC3CCNCC3)n2)C1. The average molecular weight is 265 g/mol. The van der Waals surface area contributed by atoms with Gasteiger partial charge in [0.2, 0.25) is 0 Å². The van der Waals surface area contributed by atoms with Gasteiger partial charge in [-0.1, -0.05) is 12.1 Å². The Kier molecular flexibility index (Phi) is 4.13. The van der Waals surface area contributed by atoms with Gasteiger partial charge in [-0.05, 0) is 51.1 Å². The molecule has 0 aromatic carbocycles. The summed E-state index contributed by atoms with van der Waals surface area (Å²) in [5, 5.41) is 7.44. The fraction of sp³-hybridized carbons (Fsp3) is 0.857. The molecule has 1 aromatic rings. The van der Waals surface area contributed by atoms with Crippen LogP contribution >= 0.6 is 0 Å². The molecule has 2 aliphatic rings. The molecule has 1 saturated heterocycles. The third-order valence-electron chi connectivity index (χ3n) is 4.27. The largest absolute Gasteiger partial charge is 0.368 e. The highest BCUT2D eigenvalue weighted by molar-refractivity contribution is 4.98. The van der Waals surface area contributed by atoms with Crippen molar-refractivity contribution in [2.45, 2.75) is 57.7 Å². The first-order valence-electron chi connectivity index (χ1n) is 7.46. The molecule has 1 aliphatic heterocycles. The summed E-state index contributed by atoms with van der Waals surface area (Å²) in [6, 6.07) is 0. The zero-order chi connectivity index (χ0) is 13.1. The first-order chi connectivity index (χ1) is 9.31. The predicted octanol–water partition coefficient (Wildman–Crippen LogP) is 2.24. The summed E-state index contributed by atoms with van der Waals surface area (Å²) in [4.78, 5) is 4.49. The van der Waals surface area contributed by atoms with Gasteiger partial charge in [-0.2, -0.15) is 4.98 Å². The molecule has 1 aromatic heterocycles. The zero-order valence-electron chi connectivity index (χ0n) is 11.6. The van der Waals surface area contributed by atoms with Crippen LogP contribution in [0.3, 0.4) is 0 Å². The maximum absolute atomic E-state index is 5.83. The first kappa shape index (κ1) is 13.1. The molecule has 0 radical (unpaired) electrons. The Morgan fingerprint density at radius 3 is 2.84 bits per heavy atom. The number of rotatable bonds is 4. The number of hydrogen-bond donors (Lipinski definition) is 1. The van der Waals surface area contributed by atoms with Gasteiger partial charge in [0, 0.05) is 5.92 Å². The number of nitrogens with zero attached hydrogens (tertiary/aromatic N) is 2. The van der Waals surface area contributed by atoms with Crippen molar-refractivity contribution in [1.82, 2.24) is 15.5 Å². The van der Waals surface area contributed by atoms with Crippen LogP contribution in [-0.2, 0) is 11.3 Å². The van der Waals surface area contributed by atoms with Crippen molar-refractivity contribution in [3.8, 4) is 0 Å². The second-order valence-electron chi connectivity index (χ2n) is 5.92. The third kappa shape index (κ3) is 3.34. The molecule has 0 bridgehead atoms. The molecule has 5 nitrogen and oxygen atoms in total. The quantitative estimate of drug-likeness (QED) is 0.904. The van der Waals surface area contributed by atoms with E-state index in [1.54, 1.807) is 0 Å². The number of piperidine rings is 1. The molecule has 1 aliphatic carbocycles. The first-order valence-corrected chi connectivity index (χ1v) is 7.46. The van der Waals surface area contributed by atoms with Gasteiger partial charge in [-0.3, -0.25) is 0 Å². The van der Waals surface area contributed by atoms with Crippen LogP contribution in [-0.4, -0.2) is 29.3 Å². The minimum absolute atomic E-state index is 0.336. The average Bonchev–Trinajstić information content (AvgIpc) is 3.06. The summed E-state index contributed by atoms with van der Waals surface area (Å²) >= 11 is 0. The van der Waals surface area contributed by atoms with Crippen molar-refractivity contribution in [3.63, 3.8) is 0 Å². The van der Waals surface area contributed by atoms with Gasteiger partial charge in [0.15, 0.2) is 5.82 Å². The lowest BCUT2D eigenvalue weighted by molar-refractivity contribution is 0.00859. The Labute approximate surface area is 114 Å². The van der Waals surface area contributed by atoms with Crippen LogP contribution in [0.4, 0.5) is 0 Å². The van der Waals surface area contributed by atoms with Gasteiger partial charge in [-0.15, -0.1) is 0 Å². The fourth-order valence-corrected chi connectivity index (χ4v) is 3.09. The van der Waals surface area contributed by atoms with Gasteiger partial charge >= 0.3 is 0 Å². The summed E-state index contributed by atoms with van der Waals surface area (Å²) < 4.78 is 11.1. The summed E-state index contributed by atoms with van der Waals surface area (Å²) in [6.07, 6.45) is 6.13. The van der Waals surface area contributed by atoms with Crippen LogP contribution < -0.4 is 5.32 Å². The van der Waals surface area contributed by atoms with Crippen LogP contribution in [0, 0.1) is 5.92 Å². The molecule has 2 unspecified atom stereocenters. The number of nitrogens with one attached hydrogen (secondary N) is 1. The fourth-order valence-electron chi connectivity index (χ4n) is 3.09. The van der Waals surface area contributed by atoms with E-state index in [2.05, 4.69) is 22.4 Å². The molecule has 3 rings (SSSR count). The molecule has 1 N–H and O–H groups in total. The van der Waals surface area contributed by atoms with E-state index >= 15 is 0 Å².